The number of nitrogens with two attached hydrogens (primary N) is 1. The van der Waals surface area contributed by atoms with E-state index in [4.69, 9.17) is 5.73 Å². The summed E-state index contributed by atoms with van der Waals surface area (Å²) >= 11 is 0. The predicted molar refractivity (Wildman–Crippen MR) is 88.9 cm³/mol. The second kappa shape index (κ2) is 7.91. The number of carboxylic acid groups (broad SMARTS) is 1. The SMILES string of the molecule is CC(C)CCN(CCC(C)C)c1cccc(C(=O)O)c1N. The molecule has 4 heteroatoms. The number of hydrogen-bond donors (Lipinski definition) is 2. The van der Waals surface area contributed by atoms with Crippen molar-refractivity contribution < 1.29 is 9.90 Å². The normalized spacial score (nSPS) is 11.1. The highest BCUT2D eigenvalue weighted by molar-refractivity contribution is 5.97. The Balaban J connectivity index is 3.00. The number of nitrogen functional groups attached to an aromatic ring is 1. The van der Waals surface area contributed by atoms with Crippen LogP contribution < -0.4 is 10.6 Å². The van der Waals surface area contributed by atoms with E-state index in [9.17, 15) is 9.90 Å². The molecule has 3 N–H and O–H groups in total. The van der Waals surface area contributed by atoms with Gasteiger partial charge < -0.3 is 15.7 Å². The van der Waals surface area contributed by atoms with Gasteiger partial charge in [0.1, 0.15) is 0 Å². The van der Waals surface area contributed by atoms with E-state index >= 15 is 0 Å². The first kappa shape index (κ1) is 17.3. The third-order valence-corrected chi connectivity index (χ3v) is 3.61. The predicted octanol–water partition coefficient (Wildman–Crippen LogP) is 3.87. The van der Waals surface area contributed by atoms with Gasteiger partial charge in [0.2, 0.25) is 0 Å². The fourth-order valence-electron chi connectivity index (χ4n) is 2.20. The van der Waals surface area contributed by atoms with Gasteiger partial charge in [-0.15, -0.1) is 0 Å². The minimum absolute atomic E-state index is 0.187. The standard InChI is InChI=1S/C17H28N2O2/c1-12(2)8-10-19(11-9-13(3)4)15-7-5-6-14(16(15)18)17(20)21/h5-7,12-13H,8-11,18H2,1-4H3,(H,20,21). The number of hydrogen-bond acceptors (Lipinski definition) is 3. The molecule has 0 saturated carbocycles. The molecule has 4 nitrogen and oxygen atoms in total. The van der Waals surface area contributed by atoms with Crippen LogP contribution in [-0.4, -0.2) is 24.2 Å². The van der Waals surface area contributed by atoms with Gasteiger partial charge in [0, 0.05) is 13.1 Å². The summed E-state index contributed by atoms with van der Waals surface area (Å²) < 4.78 is 0. The van der Waals surface area contributed by atoms with Crippen LogP contribution in [0.3, 0.4) is 0 Å². The Hall–Kier alpha value is -1.71. The van der Waals surface area contributed by atoms with Gasteiger partial charge in [-0.25, -0.2) is 4.79 Å². The van der Waals surface area contributed by atoms with Crippen molar-refractivity contribution in [1.29, 1.82) is 0 Å². The number of rotatable bonds is 8. The number of benzene rings is 1. The van der Waals surface area contributed by atoms with E-state index < -0.39 is 5.97 Å². The lowest BCUT2D eigenvalue weighted by molar-refractivity contribution is 0.0698. The van der Waals surface area contributed by atoms with Gasteiger partial charge in [0.05, 0.1) is 16.9 Å². The minimum Gasteiger partial charge on any atom is -0.478 e. The number of aromatic carboxylic acids is 1. The molecule has 0 saturated heterocycles. The van der Waals surface area contributed by atoms with Crippen molar-refractivity contribution in [2.75, 3.05) is 23.7 Å². The largest absolute Gasteiger partial charge is 0.478 e. The van der Waals surface area contributed by atoms with Crippen LogP contribution in [0.15, 0.2) is 18.2 Å². The highest BCUT2D eigenvalue weighted by Crippen LogP contribution is 2.28. The molecule has 1 aromatic rings. The van der Waals surface area contributed by atoms with Crippen molar-refractivity contribution in [3.8, 4) is 0 Å². The maximum absolute atomic E-state index is 11.2. The molecule has 0 atom stereocenters. The van der Waals surface area contributed by atoms with Crippen LogP contribution in [0, 0.1) is 11.8 Å². The van der Waals surface area contributed by atoms with Crippen molar-refractivity contribution in [1.82, 2.24) is 0 Å². The summed E-state index contributed by atoms with van der Waals surface area (Å²) in [4.78, 5) is 13.5. The average molecular weight is 292 g/mol. The van der Waals surface area contributed by atoms with Gasteiger partial charge in [-0.1, -0.05) is 33.8 Å². The van der Waals surface area contributed by atoms with E-state index in [1.165, 1.54) is 0 Å². The monoisotopic (exact) mass is 292 g/mol. The lowest BCUT2D eigenvalue weighted by atomic mass is 10.1. The maximum Gasteiger partial charge on any atom is 0.337 e. The number of carboxylic acids is 1. The summed E-state index contributed by atoms with van der Waals surface area (Å²) in [6.07, 6.45) is 2.13. The number of para-hydroxylation sites is 1. The van der Waals surface area contributed by atoms with E-state index in [0.717, 1.165) is 31.6 Å². The Labute approximate surface area is 128 Å². The molecule has 0 aromatic heterocycles. The third-order valence-electron chi connectivity index (χ3n) is 3.61. The lowest BCUT2D eigenvalue weighted by Gasteiger charge is -2.28. The smallest absolute Gasteiger partial charge is 0.337 e. The van der Waals surface area contributed by atoms with Crippen LogP contribution in [0.5, 0.6) is 0 Å². The molecule has 0 aliphatic rings. The average Bonchev–Trinajstić information content (AvgIpc) is 2.39. The highest BCUT2D eigenvalue weighted by atomic mass is 16.4. The molecule has 0 aliphatic carbocycles. The lowest BCUT2D eigenvalue weighted by Crippen LogP contribution is -2.28. The first-order valence-corrected chi connectivity index (χ1v) is 7.69. The number of anilines is 2. The van der Waals surface area contributed by atoms with E-state index in [2.05, 4.69) is 32.6 Å². The molecule has 0 unspecified atom stereocenters. The van der Waals surface area contributed by atoms with Crippen LogP contribution in [0.4, 0.5) is 11.4 Å². The first-order chi connectivity index (χ1) is 9.82. The Morgan fingerprint density at radius 1 is 1.14 bits per heavy atom. The van der Waals surface area contributed by atoms with Crippen molar-refractivity contribution in [2.45, 2.75) is 40.5 Å². The molecular formula is C17H28N2O2. The molecule has 118 valence electrons. The van der Waals surface area contributed by atoms with Crippen molar-refractivity contribution in [3.63, 3.8) is 0 Å². The maximum atomic E-state index is 11.2. The van der Waals surface area contributed by atoms with Gasteiger partial charge >= 0.3 is 5.97 Å². The summed E-state index contributed by atoms with van der Waals surface area (Å²) in [6, 6.07) is 5.25. The van der Waals surface area contributed by atoms with Gasteiger partial charge in [0.15, 0.2) is 0 Å². The Kier molecular flexibility index (Phi) is 6.53. The zero-order chi connectivity index (χ0) is 16.0. The van der Waals surface area contributed by atoms with Crippen LogP contribution >= 0.6 is 0 Å². The van der Waals surface area contributed by atoms with E-state index in [-0.39, 0.29) is 5.56 Å². The summed E-state index contributed by atoms with van der Waals surface area (Å²) in [6.45, 7) is 10.6. The first-order valence-electron chi connectivity index (χ1n) is 7.69. The van der Waals surface area contributed by atoms with Gasteiger partial charge in [-0.3, -0.25) is 0 Å². The molecule has 21 heavy (non-hydrogen) atoms. The summed E-state index contributed by atoms with van der Waals surface area (Å²) in [5.41, 5.74) is 7.48. The molecule has 0 spiro atoms. The molecule has 1 rings (SSSR count). The number of carbonyl (C=O) groups is 1. The second-order valence-electron chi connectivity index (χ2n) is 6.40. The topological polar surface area (TPSA) is 66.6 Å². The molecule has 1 aromatic carbocycles. The van der Waals surface area contributed by atoms with E-state index in [0.29, 0.717) is 17.5 Å². The van der Waals surface area contributed by atoms with Crippen LogP contribution in [0.25, 0.3) is 0 Å². The second-order valence-corrected chi connectivity index (χ2v) is 6.40. The van der Waals surface area contributed by atoms with Crippen molar-refractivity contribution >= 4 is 17.3 Å². The fraction of sp³-hybridized carbons (Fsp3) is 0.588. The van der Waals surface area contributed by atoms with E-state index in [1.54, 1.807) is 12.1 Å². The fourth-order valence-corrected chi connectivity index (χ4v) is 2.20. The van der Waals surface area contributed by atoms with Crippen LogP contribution in [0.1, 0.15) is 50.9 Å². The molecule has 0 amide bonds. The third kappa shape index (κ3) is 5.29. The zero-order valence-electron chi connectivity index (χ0n) is 13.6. The zero-order valence-corrected chi connectivity index (χ0v) is 13.6. The Morgan fingerprint density at radius 3 is 2.10 bits per heavy atom. The Bertz CT molecular complexity index is 458. The summed E-state index contributed by atoms with van der Waals surface area (Å²) in [5.74, 6) is 0.243. The van der Waals surface area contributed by atoms with Gasteiger partial charge in [0.25, 0.3) is 0 Å². The molecule has 0 fully saturated rings. The van der Waals surface area contributed by atoms with E-state index in [1.807, 2.05) is 6.07 Å². The van der Waals surface area contributed by atoms with Gasteiger partial charge in [-0.05, 0) is 36.8 Å². The molecule has 0 aliphatic heterocycles. The molecule has 0 radical (unpaired) electrons. The number of nitrogens with zero attached hydrogens (tertiary/aromatic N) is 1. The van der Waals surface area contributed by atoms with Crippen molar-refractivity contribution in [3.05, 3.63) is 23.8 Å². The Morgan fingerprint density at radius 2 is 1.67 bits per heavy atom. The van der Waals surface area contributed by atoms with Gasteiger partial charge in [-0.2, -0.15) is 0 Å². The summed E-state index contributed by atoms with van der Waals surface area (Å²) in [7, 11) is 0. The molecule has 0 bridgehead atoms. The minimum atomic E-state index is -0.970. The summed E-state index contributed by atoms with van der Waals surface area (Å²) in [5, 5.41) is 9.21. The highest BCUT2D eigenvalue weighted by Gasteiger charge is 2.16. The van der Waals surface area contributed by atoms with Crippen LogP contribution in [0.2, 0.25) is 0 Å². The van der Waals surface area contributed by atoms with Crippen molar-refractivity contribution in [2.24, 2.45) is 11.8 Å². The quantitative estimate of drug-likeness (QED) is 0.714. The van der Waals surface area contributed by atoms with Crippen LogP contribution in [-0.2, 0) is 0 Å². The molecular weight excluding hydrogens is 264 g/mol. The molecule has 0 heterocycles.